The van der Waals surface area contributed by atoms with Gasteiger partial charge in [-0.15, -0.1) is 0 Å². The van der Waals surface area contributed by atoms with Crippen LogP contribution in [0.15, 0.2) is 42.2 Å². The topological polar surface area (TPSA) is 53.0 Å². The fraction of sp³-hybridized carbons (Fsp3) is 0.286. The number of allylic oxidation sites excluding steroid dienone is 1. The number of Topliss-reactive ketones (excluding diaryl/α,β-unsaturated/α-hetero) is 1. The van der Waals surface area contributed by atoms with Crippen molar-refractivity contribution in [1.29, 1.82) is 0 Å². The molecule has 0 spiro atoms. The molecular formula is C21H21ClN2O3. The van der Waals surface area contributed by atoms with Crippen LogP contribution in [0.3, 0.4) is 0 Å². The summed E-state index contributed by atoms with van der Waals surface area (Å²) in [7, 11) is 2.10. The van der Waals surface area contributed by atoms with Crippen LogP contribution in [0.1, 0.15) is 21.5 Å². The van der Waals surface area contributed by atoms with Crippen LogP contribution in [-0.2, 0) is 6.54 Å². The third-order valence-corrected chi connectivity index (χ3v) is 5.43. The Labute approximate surface area is 163 Å². The number of hydrogen-bond donors (Lipinski definition) is 1. The molecule has 0 saturated carbocycles. The number of halogens is 1. The van der Waals surface area contributed by atoms with Crippen LogP contribution in [0, 0.1) is 0 Å². The second kappa shape index (κ2) is 7.35. The number of phenolic OH excluding ortho intramolecular Hbond substituents is 1. The highest BCUT2D eigenvalue weighted by Gasteiger charge is 2.32. The van der Waals surface area contributed by atoms with Crippen LogP contribution >= 0.6 is 11.6 Å². The lowest BCUT2D eigenvalue weighted by molar-refractivity contribution is 0.101. The monoisotopic (exact) mass is 384 g/mol. The average molecular weight is 385 g/mol. The Morgan fingerprint density at radius 2 is 1.89 bits per heavy atom. The molecule has 0 aliphatic carbocycles. The van der Waals surface area contributed by atoms with Crippen LogP contribution < -0.4 is 4.74 Å². The molecule has 2 aliphatic rings. The minimum absolute atomic E-state index is 0.152. The van der Waals surface area contributed by atoms with Gasteiger partial charge in [-0.25, -0.2) is 0 Å². The van der Waals surface area contributed by atoms with Crippen molar-refractivity contribution in [3.63, 3.8) is 0 Å². The van der Waals surface area contributed by atoms with Gasteiger partial charge >= 0.3 is 0 Å². The highest BCUT2D eigenvalue weighted by Crippen LogP contribution is 2.40. The van der Waals surface area contributed by atoms with Gasteiger partial charge in [0.15, 0.2) is 5.76 Å². The summed E-state index contributed by atoms with van der Waals surface area (Å²) in [5, 5.41) is 10.9. The van der Waals surface area contributed by atoms with Crippen LogP contribution in [0.25, 0.3) is 6.08 Å². The van der Waals surface area contributed by atoms with E-state index in [4.69, 9.17) is 16.3 Å². The van der Waals surface area contributed by atoms with Gasteiger partial charge in [0.2, 0.25) is 5.78 Å². The Morgan fingerprint density at radius 1 is 1.15 bits per heavy atom. The molecule has 0 aromatic heterocycles. The third-order valence-electron chi connectivity index (χ3n) is 5.09. The minimum atomic E-state index is -0.190. The summed E-state index contributed by atoms with van der Waals surface area (Å²) in [5.74, 6) is 0.643. The SMILES string of the molecule is CN1CCN(Cc2c(O)ccc3c2OC(=Cc2ccccc2Cl)C3=O)CC1. The first-order chi connectivity index (χ1) is 13.0. The first-order valence-corrected chi connectivity index (χ1v) is 9.35. The number of benzene rings is 2. The van der Waals surface area contributed by atoms with Gasteiger partial charge in [-0.2, -0.15) is 0 Å². The van der Waals surface area contributed by atoms with Crippen molar-refractivity contribution in [1.82, 2.24) is 9.80 Å². The summed E-state index contributed by atoms with van der Waals surface area (Å²) in [6.07, 6.45) is 1.65. The van der Waals surface area contributed by atoms with Crippen molar-refractivity contribution in [2.75, 3.05) is 33.2 Å². The molecule has 4 rings (SSSR count). The Balaban J connectivity index is 1.64. The number of ether oxygens (including phenoxy) is 1. The molecule has 5 nitrogen and oxygen atoms in total. The normalized spacial score (nSPS) is 19.3. The molecule has 2 aliphatic heterocycles. The number of carbonyl (C=O) groups is 1. The number of piperazine rings is 1. The number of phenols is 1. The van der Waals surface area contributed by atoms with Crippen LogP contribution in [0.2, 0.25) is 5.02 Å². The number of fused-ring (bicyclic) bond motifs is 1. The van der Waals surface area contributed by atoms with Gasteiger partial charge < -0.3 is 14.7 Å². The fourth-order valence-corrected chi connectivity index (χ4v) is 3.60. The molecule has 140 valence electrons. The lowest BCUT2D eigenvalue weighted by Gasteiger charge is -2.32. The van der Waals surface area contributed by atoms with Crippen molar-refractivity contribution >= 4 is 23.5 Å². The maximum Gasteiger partial charge on any atom is 0.231 e. The first-order valence-electron chi connectivity index (χ1n) is 8.97. The lowest BCUT2D eigenvalue weighted by Crippen LogP contribution is -2.43. The molecule has 0 atom stereocenters. The zero-order valence-electron chi connectivity index (χ0n) is 15.1. The van der Waals surface area contributed by atoms with E-state index < -0.39 is 0 Å². The van der Waals surface area contributed by atoms with Crippen molar-refractivity contribution in [3.05, 3.63) is 63.9 Å². The van der Waals surface area contributed by atoms with Gasteiger partial charge in [0.1, 0.15) is 11.5 Å². The molecule has 1 N–H and O–H groups in total. The molecule has 1 saturated heterocycles. The second-order valence-electron chi connectivity index (χ2n) is 6.98. The molecule has 0 amide bonds. The smallest absolute Gasteiger partial charge is 0.231 e. The summed E-state index contributed by atoms with van der Waals surface area (Å²) in [5.41, 5.74) is 1.86. The zero-order valence-corrected chi connectivity index (χ0v) is 15.9. The highest BCUT2D eigenvalue weighted by molar-refractivity contribution is 6.32. The van der Waals surface area contributed by atoms with E-state index in [1.165, 1.54) is 0 Å². The van der Waals surface area contributed by atoms with Crippen LogP contribution in [0.4, 0.5) is 0 Å². The van der Waals surface area contributed by atoms with Gasteiger partial charge in [-0.05, 0) is 36.9 Å². The predicted octanol–water partition coefficient (Wildman–Crippen LogP) is 3.41. The maximum atomic E-state index is 12.8. The molecular weight excluding hydrogens is 364 g/mol. The van der Waals surface area contributed by atoms with Crippen molar-refractivity contribution < 1.29 is 14.6 Å². The van der Waals surface area contributed by atoms with E-state index in [9.17, 15) is 9.90 Å². The number of likely N-dealkylation sites (N-methyl/N-ethyl adjacent to an activating group) is 1. The quantitative estimate of drug-likeness (QED) is 0.822. The van der Waals surface area contributed by atoms with E-state index in [2.05, 4.69) is 16.8 Å². The van der Waals surface area contributed by atoms with Crippen LogP contribution in [0.5, 0.6) is 11.5 Å². The second-order valence-corrected chi connectivity index (χ2v) is 7.39. The van der Waals surface area contributed by atoms with E-state index >= 15 is 0 Å². The van der Waals surface area contributed by atoms with Crippen molar-refractivity contribution in [2.24, 2.45) is 0 Å². The van der Waals surface area contributed by atoms with Gasteiger partial charge in [0.05, 0.1) is 11.1 Å². The number of carbonyl (C=O) groups excluding carboxylic acids is 1. The van der Waals surface area contributed by atoms with Crippen molar-refractivity contribution in [3.8, 4) is 11.5 Å². The van der Waals surface area contributed by atoms with Gasteiger partial charge in [0.25, 0.3) is 0 Å². The van der Waals surface area contributed by atoms with E-state index in [1.54, 1.807) is 24.3 Å². The number of rotatable bonds is 3. The molecule has 0 unspecified atom stereocenters. The average Bonchev–Trinajstić information content (AvgIpc) is 2.97. The number of aromatic hydroxyl groups is 1. The molecule has 6 heteroatoms. The summed E-state index contributed by atoms with van der Waals surface area (Å²) < 4.78 is 5.91. The standard InChI is InChI=1S/C21H21ClN2O3/c1-23-8-10-24(11-9-23)13-16-18(25)7-6-15-20(26)19(27-21(15)16)12-14-4-2-3-5-17(14)22/h2-7,12,25H,8-11,13H2,1H3. The largest absolute Gasteiger partial charge is 0.507 e. The summed E-state index contributed by atoms with van der Waals surface area (Å²) in [4.78, 5) is 17.3. The van der Waals surface area contributed by atoms with Gasteiger partial charge in [0, 0.05) is 37.7 Å². The van der Waals surface area contributed by atoms with E-state index in [0.717, 1.165) is 31.7 Å². The number of nitrogens with zero attached hydrogens (tertiary/aromatic N) is 2. The molecule has 27 heavy (non-hydrogen) atoms. The lowest BCUT2D eigenvalue weighted by atomic mass is 10.0. The molecule has 0 radical (unpaired) electrons. The van der Waals surface area contributed by atoms with Gasteiger partial charge in [-0.3, -0.25) is 9.69 Å². The Morgan fingerprint density at radius 3 is 2.63 bits per heavy atom. The number of hydrogen-bond acceptors (Lipinski definition) is 5. The first kappa shape index (κ1) is 18.0. The number of ketones is 1. The third kappa shape index (κ3) is 3.58. The molecule has 2 aromatic carbocycles. The van der Waals surface area contributed by atoms with E-state index in [-0.39, 0.29) is 17.3 Å². The van der Waals surface area contributed by atoms with Crippen molar-refractivity contribution in [2.45, 2.75) is 6.54 Å². The summed E-state index contributed by atoms with van der Waals surface area (Å²) in [6.45, 7) is 4.34. The molecule has 0 bridgehead atoms. The zero-order chi connectivity index (χ0) is 19.0. The highest BCUT2D eigenvalue weighted by atomic mass is 35.5. The Bertz CT molecular complexity index is 918. The van der Waals surface area contributed by atoms with Gasteiger partial charge in [-0.1, -0.05) is 29.8 Å². The Kier molecular flexibility index (Phi) is 4.91. The minimum Gasteiger partial charge on any atom is -0.507 e. The summed E-state index contributed by atoms with van der Waals surface area (Å²) >= 11 is 6.20. The molecule has 1 fully saturated rings. The van der Waals surface area contributed by atoms with E-state index in [1.807, 2.05) is 18.2 Å². The fourth-order valence-electron chi connectivity index (χ4n) is 3.41. The molecule has 2 heterocycles. The van der Waals surface area contributed by atoms with E-state index in [0.29, 0.717) is 28.4 Å². The Hall–Kier alpha value is -2.34. The van der Waals surface area contributed by atoms with Crippen LogP contribution in [-0.4, -0.2) is 53.9 Å². The summed E-state index contributed by atoms with van der Waals surface area (Å²) in [6, 6.07) is 10.5. The molecule has 2 aromatic rings. The predicted molar refractivity (Wildman–Crippen MR) is 105 cm³/mol. The maximum absolute atomic E-state index is 12.8.